The molecule has 0 aliphatic carbocycles. The average molecular weight is 308 g/mol. The zero-order valence-electron chi connectivity index (χ0n) is 13.1. The molecule has 0 unspecified atom stereocenters. The second-order valence-electron chi connectivity index (χ2n) is 5.59. The minimum atomic E-state index is 0.843. The molecule has 0 aromatic carbocycles. The lowest BCUT2D eigenvalue weighted by atomic mass is 10.2. The molecule has 2 N–H and O–H groups in total. The number of nitrogens with zero attached hydrogens (tertiary/aromatic N) is 2. The van der Waals surface area contributed by atoms with E-state index in [1.807, 2.05) is 7.05 Å². The molecule has 1 aromatic heterocycles. The van der Waals surface area contributed by atoms with E-state index in [2.05, 4.69) is 37.4 Å². The summed E-state index contributed by atoms with van der Waals surface area (Å²) in [5.41, 5.74) is 1.31. The van der Waals surface area contributed by atoms with Crippen LogP contribution in [0.25, 0.3) is 0 Å². The first-order valence-corrected chi connectivity index (χ1v) is 9.01. The van der Waals surface area contributed by atoms with Crippen molar-refractivity contribution in [3.8, 4) is 0 Å². The van der Waals surface area contributed by atoms with Crippen molar-refractivity contribution in [2.45, 2.75) is 38.6 Å². The normalized spacial score (nSPS) is 17.5. The first-order valence-electron chi connectivity index (χ1n) is 8.06. The van der Waals surface area contributed by atoms with Gasteiger partial charge in [0.2, 0.25) is 0 Å². The van der Waals surface area contributed by atoms with Crippen molar-refractivity contribution in [2.24, 2.45) is 4.99 Å². The van der Waals surface area contributed by atoms with Gasteiger partial charge in [0.15, 0.2) is 5.96 Å². The van der Waals surface area contributed by atoms with E-state index in [-0.39, 0.29) is 0 Å². The first-order chi connectivity index (χ1) is 10.4. The average Bonchev–Trinajstić information content (AvgIpc) is 2.89. The zero-order valence-corrected chi connectivity index (χ0v) is 13.9. The second kappa shape index (κ2) is 9.79. The van der Waals surface area contributed by atoms with Crippen molar-refractivity contribution in [3.63, 3.8) is 0 Å². The maximum atomic E-state index is 4.27. The Bertz CT molecular complexity index is 394. The van der Waals surface area contributed by atoms with Crippen molar-refractivity contribution in [1.29, 1.82) is 0 Å². The minimum absolute atomic E-state index is 0.843. The number of hydrogen-bond donors (Lipinski definition) is 2. The highest BCUT2D eigenvalue weighted by Crippen LogP contribution is 2.09. The Morgan fingerprint density at radius 1 is 1.24 bits per heavy atom. The van der Waals surface area contributed by atoms with Crippen LogP contribution in [-0.4, -0.2) is 44.1 Å². The Hall–Kier alpha value is -1.07. The van der Waals surface area contributed by atoms with Crippen molar-refractivity contribution < 1.29 is 0 Å². The molecule has 1 saturated heterocycles. The van der Waals surface area contributed by atoms with Crippen LogP contribution in [0.1, 0.15) is 37.7 Å². The molecule has 5 heteroatoms. The van der Waals surface area contributed by atoms with E-state index in [1.54, 1.807) is 11.3 Å². The van der Waals surface area contributed by atoms with Crippen LogP contribution in [0.5, 0.6) is 0 Å². The number of aliphatic imine (C=N–C) groups is 1. The van der Waals surface area contributed by atoms with Gasteiger partial charge in [-0.2, -0.15) is 11.3 Å². The molecule has 0 saturated carbocycles. The van der Waals surface area contributed by atoms with Crippen LogP contribution in [0.15, 0.2) is 21.8 Å². The van der Waals surface area contributed by atoms with Crippen LogP contribution < -0.4 is 10.6 Å². The summed E-state index contributed by atoms with van der Waals surface area (Å²) < 4.78 is 0. The molecule has 118 valence electrons. The van der Waals surface area contributed by atoms with Crippen molar-refractivity contribution in [3.05, 3.63) is 22.4 Å². The molecule has 2 heterocycles. The van der Waals surface area contributed by atoms with E-state index >= 15 is 0 Å². The molecule has 0 atom stereocenters. The number of guanidine groups is 1. The molecule has 0 bridgehead atoms. The predicted molar refractivity (Wildman–Crippen MR) is 92.0 cm³/mol. The van der Waals surface area contributed by atoms with Crippen molar-refractivity contribution in [1.82, 2.24) is 15.5 Å². The van der Waals surface area contributed by atoms with Gasteiger partial charge in [-0.15, -0.1) is 0 Å². The third kappa shape index (κ3) is 6.48. The third-order valence-corrected chi connectivity index (χ3v) is 4.64. The van der Waals surface area contributed by atoms with E-state index < -0.39 is 0 Å². The molecule has 0 spiro atoms. The lowest BCUT2D eigenvalue weighted by molar-refractivity contribution is 0.282. The Morgan fingerprint density at radius 3 is 2.71 bits per heavy atom. The van der Waals surface area contributed by atoms with Gasteiger partial charge in [-0.25, -0.2) is 0 Å². The van der Waals surface area contributed by atoms with Crippen LogP contribution in [0.3, 0.4) is 0 Å². The SMILES string of the molecule is CN=C(NCCCN1CCCCCC1)NCc1ccsc1. The van der Waals surface area contributed by atoms with E-state index in [1.165, 1.54) is 57.3 Å². The van der Waals surface area contributed by atoms with Crippen LogP contribution in [0, 0.1) is 0 Å². The van der Waals surface area contributed by atoms with Crippen molar-refractivity contribution >= 4 is 17.3 Å². The number of likely N-dealkylation sites (tertiary alicyclic amines) is 1. The first kappa shape index (κ1) is 16.3. The van der Waals surface area contributed by atoms with Crippen LogP contribution in [0.2, 0.25) is 0 Å². The molecular weight excluding hydrogens is 280 g/mol. The lowest BCUT2D eigenvalue weighted by Crippen LogP contribution is -2.38. The number of hydrogen-bond acceptors (Lipinski definition) is 3. The van der Waals surface area contributed by atoms with Gasteiger partial charge in [0.25, 0.3) is 0 Å². The monoisotopic (exact) mass is 308 g/mol. The fourth-order valence-electron chi connectivity index (χ4n) is 2.67. The summed E-state index contributed by atoms with van der Waals surface area (Å²) in [7, 11) is 1.83. The Kier molecular flexibility index (Phi) is 7.60. The van der Waals surface area contributed by atoms with E-state index in [4.69, 9.17) is 0 Å². The largest absolute Gasteiger partial charge is 0.356 e. The lowest BCUT2D eigenvalue weighted by Gasteiger charge is -2.20. The van der Waals surface area contributed by atoms with Gasteiger partial charge >= 0.3 is 0 Å². The van der Waals surface area contributed by atoms with Gasteiger partial charge < -0.3 is 15.5 Å². The van der Waals surface area contributed by atoms with Gasteiger partial charge in [-0.05, 0) is 61.3 Å². The van der Waals surface area contributed by atoms with Gasteiger partial charge in [0, 0.05) is 20.1 Å². The minimum Gasteiger partial charge on any atom is -0.356 e. The highest BCUT2D eigenvalue weighted by atomic mass is 32.1. The summed E-state index contributed by atoms with van der Waals surface area (Å²) >= 11 is 1.73. The zero-order chi connectivity index (χ0) is 14.8. The molecule has 2 rings (SSSR count). The number of nitrogens with one attached hydrogen (secondary N) is 2. The maximum Gasteiger partial charge on any atom is 0.191 e. The molecule has 1 aromatic rings. The summed E-state index contributed by atoms with van der Waals surface area (Å²) in [4.78, 5) is 6.88. The Balaban J connectivity index is 1.57. The topological polar surface area (TPSA) is 39.7 Å². The van der Waals surface area contributed by atoms with Gasteiger partial charge in [-0.3, -0.25) is 4.99 Å². The molecular formula is C16H28N4S. The predicted octanol–water partition coefficient (Wildman–Crippen LogP) is 2.68. The quantitative estimate of drug-likeness (QED) is 0.482. The third-order valence-electron chi connectivity index (χ3n) is 3.91. The fraction of sp³-hybridized carbons (Fsp3) is 0.688. The summed E-state index contributed by atoms with van der Waals surface area (Å²) in [6, 6.07) is 2.14. The maximum absolute atomic E-state index is 4.27. The molecule has 1 fully saturated rings. The number of rotatable bonds is 6. The standard InChI is InChI=1S/C16H28N4S/c1-17-16(19-13-15-7-12-21-14-15)18-8-6-11-20-9-4-2-3-5-10-20/h7,12,14H,2-6,8-11,13H2,1H3,(H2,17,18,19). The van der Waals surface area contributed by atoms with Crippen LogP contribution in [-0.2, 0) is 6.54 Å². The molecule has 1 aliphatic heterocycles. The summed E-state index contributed by atoms with van der Waals surface area (Å²) in [6.07, 6.45) is 6.75. The van der Waals surface area contributed by atoms with Gasteiger partial charge in [0.1, 0.15) is 0 Å². The Morgan fingerprint density at radius 2 is 2.05 bits per heavy atom. The second-order valence-corrected chi connectivity index (χ2v) is 6.37. The number of thiophene rings is 1. The van der Waals surface area contributed by atoms with Crippen LogP contribution in [0.4, 0.5) is 0 Å². The van der Waals surface area contributed by atoms with Gasteiger partial charge in [-0.1, -0.05) is 12.8 Å². The van der Waals surface area contributed by atoms with Crippen LogP contribution >= 0.6 is 11.3 Å². The molecule has 4 nitrogen and oxygen atoms in total. The summed E-state index contributed by atoms with van der Waals surface area (Å²) in [5.74, 6) is 0.900. The van der Waals surface area contributed by atoms with E-state index in [0.29, 0.717) is 0 Å². The highest BCUT2D eigenvalue weighted by molar-refractivity contribution is 7.07. The summed E-state index contributed by atoms with van der Waals surface area (Å²) in [6.45, 7) is 5.60. The molecule has 0 radical (unpaired) electrons. The molecule has 21 heavy (non-hydrogen) atoms. The fourth-order valence-corrected chi connectivity index (χ4v) is 3.34. The van der Waals surface area contributed by atoms with E-state index in [0.717, 1.165) is 19.0 Å². The smallest absolute Gasteiger partial charge is 0.191 e. The van der Waals surface area contributed by atoms with Gasteiger partial charge in [0.05, 0.1) is 0 Å². The van der Waals surface area contributed by atoms with Crippen molar-refractivity contribution in [2.75, 3.05) is 33.2 Å². The summed E-state index contributed by atoms with van der Waals surface area (Å²) in [5, 5.41) is 11.0. The molecule has 0 amide bonds. The molecule has 1 aliphatic rings. The highest BCUT2D eigenvalue weighted by Gasteiger charge is 2.08. The van der Waals surface area contributed by atoms with E-state index in [9.17, 15) is 0 Å². The Labute approximate surface area is 132 Å².